The Balaban J connectivity index is 2.23. The molecule has 0 aromatic carbocycles. The number of hydrogen-bond donors (Lipinski definition) is 3. The smallest absolute Gasteiger partial charge is 0.242 e. The van der Waals surface area contributed by atoms with Crippen molar-refractivity contribution in [3.63, 3.8) is 0 Å². The van der Waals surface area contributed by atoms with Crippen molar-refractivity contribution in [3.8, 4) is 0 Å². The van der Waals surface area contributed by atoms with E-state index in [1.807, 2.05) is 0 Å². The lowest BCUT2D eigenvalue weighted by atomic mass is 9.78. The van der Waals surface area contributed by atoms with Gasteiger partial charge >= 0.3 is 0 Å². The molecule has 0 radical (unpaired) electrons. The Bertz CT molecular complexity index is 559. The normalized spacial score (nSPS) is 27.4. The summed E-state index contributed by atoms with van der Waals surface area (Å²) >= 11 is 0. The van der Waals surface area contributed by atoms with Crippen LogP contribution >= 0.6 is 0 Å². The molecule has 0 saturated heterocycles. The average Bonchev–Trinajstić information content (AvgIpc) is 2.38. The third kappa shape index (κ3) is 3.28. The highest BCUT2D eigenvalue weighted by molar-refractivity contribution is 7.89. The van der Waals surface area contributed by atoms with Gasteiger partial charge in [0.2, 0.25) is 10.0 Å². The lowest BCUT2D eigenvalue weighted by molar-refractivity contribution is 0.119. The Kier molecular flexibility index (Phi) is 4.31. The fourth-order valence-electron chi connectivity index (χ4n) is 2.82. The van der Waals surface area contributed by atoms with Crippen LogP contribution in [0.4, 0.5) is 5.82 Å². The number of nitrogens with one attached hydrogen (secondary N) is 1. The molecule has 7 heteroatoms. The van der Waals surface area contributed by atoms with Crippen molar-refractivity contribution in [2.24, 2.45) is 5.92 Å². The molecule has 0 amide bonds. The van der Waals surface area contributed by atoms with E-state index in [2.05, 4.69) is 16.6 Å². The Hall–Kier alpha value is -1.18. The van der Waals surface area contributed by atoms with Crippen molar-refractivity contribution in [3.05, 3.63) is 18.3 Å². The quantitative estimate of drug-likeness (QED) is 0.765. The minimum atomic E-state index is -3.70. The summed E-state index contributed by atoms with van der Waals surface area (Å²) in [6.45, 7) is 1.88. The lowest BCUT2D eigenvalue weighted by Crippen LogP contribution is -2.53. The largest absolute Gasteiger partial charge is 0.394 e. The number of aromatic nitrogens is 1. The van der Waals surface area contributed by atoms with Crippen molar-refractivity contribution in [2.75, 3.05) is 12.3 Å². The predicted octanol–water partition coefficient (Wildman–Crippen LogP) is 0.883. The Morgan fingerprint density at radius 2 is 2.30 bits per heavy atom. The molecule has 1 aliphatic carbocycles. The van der Waals surface area contributed by atoms with Gasteiger partial charge in [-0.25, -0.2) is 18.1 Å². The van der Waals surface area contributed by atoms with Crippen LogP contribution in [-0.4, -0.2) is 30.7 Å². The Labute approximate surface area is 119 Å². The van der Waals surface area contributed by atoms with Crippen molar-refractivity contribution >= 4 is 15.8 Å². The van der Waals surface area contributed by atoms with E-state index in [0.29, 0.717) is 18.8 Å². The van der Waals surface area contributed by atoms with Crippen molar-refractivity contribution < 1.29 is 13.5 Å². The number of hydrogen-bond acceptors (Lipinski definition) is 5. The zero-order valence-corrected chi connectivity index (χ0v) is 12.4. The molecule has 112 valence electrons. The SMILES string of the molecule is CC1CCCC(CO)(NS(=O)(=O)c2ccc(N)nc2)C1. The summed E-state index contributed by atoms with van der Waals surface area (Å²) in [7, 11) is -3.70. The van der Waals surface area contributed by atoms with Crippen LogP contribution in [0.2, 0.25) is 0 Å². The van der Waals surface area contributed by atoms with E-state index in [1.165, 1.54) is 18.3 Å². The molecule has 2 atom stereocenters. The molecule has 4 N–H and O–H groups in total. The molecule has 2 rings (SSSR count). The minimum Gasteiger partial charge on any atom is -0.394 e. The number of aliphatic hydroxyl groups is 1. The third-order valence-electron chi connectivity index (χ3n) is 3.81. The predicted molar refractivity (Wildman–Crippen MR) is 76.4 cm³/mol. The molecule has 1 aromatic heterocycles. The van der Waals surface area contributed by atoms with Crippen LogP contribution in [0, 0.1) is 5.92 Å². The second-order valence-electron chi connectivity index (χ2n) is 5.66. The van der Waals surface area contributed by atoms with E-state index in [0.717, 1.165) is 12.8 Å². The number of anilines is 1. The van der Waals surface area contributed by atoms with Gasteiger partial charge in [-0.15, -0.1) is 0 Å². The summed E-state index contributed by atoms with van der Waals surface area (Å²) in [5.41, 5.74) is 4.69. The summed E-state index contributed by atoms with van der Waals surface area (Å²) in [6, 6.07) is 2.87. The van der Waals surface area contributed by atoms with Crippen LogP contribution in [0.15, 0.2) is 23.2 Å². The second kappa shape index (κ2) is 5.67. The van der Waals surface area contributed by atoms with E-state index >= 15 is 0 Å². The molecule has 6 nitrogen and oxygen atoms in total. The molecule has 1 heterocycles. The molecule has 1 saturated carbocycles. The molecular formula is C13H21N3O3S. The monoisotopic (exact) mass is 299 g/mol. The van der Waals surface area contributed by atoms with Crippen molar-refractivity contribution in [2.45, 2.75) is 43.0 Å². The van der Waals surface area contributed by atoms with Crippen molar-refractivity contribution in [1.29, 1.82) is 0 Å². The van der Waals surface area contributed by atoms with Crippen LogP contribution < -0.4 is 10.5 Å². The van der Waals surface area contributed by atoms with Gasteiger partial charge in [0.05, 0.1) is 12.1 Å². The van der Waals surface area contributed by atoms with Gasteiger partial charge in [-0.05, 0) is 30.9 Å². The van der Waals surface area contributed by atoms with E-state index < -0.39 is 15.6 Å². The highest BCUT2D eigenvalue weighted by Gasteiger charge is 2.38. The zero-order chi connectivity index (χ0) is 14.8. The maximum Gasteiger partial charge on any atom is 0.242 e. The van der Waals surface area contributed by atoms with E-state index in [9.17, 15) is 13.5 Å². The summed E-state index contributed by atoms with van der Waals surface area (Å²) in [5.74, 6) is 0.662. The number of sulfonamides is 1. The van der Waals surface area contributed by atoms with Crippen LogP contribution in [0.3, 0.4) is 0 Å². The second-order valence-corrected chi connectivity index (χ2v) is 7.35. The van der Waals surface area contributed by atoms with Gasteiger partial charge in [0, 0.05) is 6.20 Å². The molecule has 0 bridgehead atoms. The average molecular weight is 299 g/mol. The van der Waals surface area contributed by atoms with Crippen LogP contribution in [0.5, 0.6) is 0 Å². The molecule has 1 fully saturated rings. The minimum absolute atomic E-state index is 0.0674. The molecule has 0 spiro atoms. The molecule has 2 unspecified atom stereocenters. The van der Waals surface area contributed by atoms with E-state index in [-0.39, 0.29) is 17.3 Å². The third-order valence-corrected chi connectivity index (χ3v) is 5.38. The Morgan fingerprint density at radius 1 is 1.55 bits per heavy atom. The van der Waals surface area contributed by atoms with E-state index in [4.69, 9.17) is 5.73 Å². The van der Waals surface area contributed by atoms with Crippen LogP contribution in [0.1, 0.15) is 32.6 Å². The van der Waals surface area contributed by atoms with Crippen LogP contribution in [0.25, 0.3) is 0 Å². The molecule has 20 heavy (non-hydrogen) atoms. The first-order chi connectivity index (χ1) is 9.37. The molecule has 0 aliphatic heterocycles. The summed E-state index contributed by atoms with van der Waals surface area (Å²) in [6.07, 6.45) is 4.49. The summed E-state index contributed by atoms with van der Waals surface area (Å²) in [5, 5.41) is 9.65. The van der Waals surface area contributed by atoms with Gasteiger partial charge in [0.15, 0.2) is 0 Å². The number of nitrogens with two attached hydrogens (primary N) is 1. The Morgan fingerprint density at radius 3 is 2.85 bits per heavy atom. The summed E-state index contributed by atoms with van der Waals surface area (Å²) in [4.78, 5) is 3.87. The van der Waals surface area contributed by atoms with Gasteiger partial charge in [-0.2, -0.15) is 0 Å². The maximum absolute atomic E-state index is 12.4. The number of aliphatic hydroxyl groups excluding tert-OH is 1. The number of nitrogens with zero attached hydrogens (tertiary/aromatic N) is 1. The molecule has 1 aliphatic rings. The number of nitrogen functional groups attached to an aromatic ring is 1. The van der Waals surface area contributed by atoms with Crippen LogP contribution in [-0.2, 0) is 10.0 Å². The van der Waals surface area contributed by atoms with E-state index in [1.54, 1.807) is 0 Å². The van der Waals surface area contributed by atoms with Gasteiger partial charge in [0.1, 0.15) is 10.7 Å². The maximum atomic E-state index is 12.4. The zero-order valence-electron chi connectivity index (χ0n) is 11.5. The first kappa shape index (κ1) is 15.2. The molecule has 1 aromatic rings. The number of pyridine rings is 1. The first-order valence-electron chi connectivity index (χ1n) is 6.73. The molecular weight excluding hydrogens is 278 g/mol. The standard InChI is InChI=1S/C13H21N3O3S/c1-10-3-2-6-13(7-10,9-17)16-20(18,19)11-4-5-12(14)15-8-11/h4-5,8,10,16-17H,2-3,6-7,9H2,1H3,(H2,14,15). The number of rotatable bonds is 4. The lowest BCUT2D eigenvalue weighted by Gasteiger charge is -2.38. The highest BCUT2D eigenvalue weighted by Crippen LogP contribution is 2.33. The fourth-order valence-corrected chi connectivity index (χ4v) is 4.20. The van der Waals surface area contributed by atoms with Gasteiger partial charge in [-0.3, -0.25) is 0 Å². The highest BCUT2D eigenvalue weighted by atomic mass is 32.2. The first-order valence-corrected chi connectivity index (χ1v) is 8.22. The van der Waals surface area contributed by atoms with Gasteiger partial charge in [0.25, 0.3) is 0 Å². The van der Waals surface area contributed by atoms with Gasteiger partial charge < -0.3 is 10.8 Å². The summed E-state index contributed by atoms with van der Waals surface area (Å²) < 4.78 is 27.4. The fraction of sp³-hybridized carbons (Fsp3) is 0.615. The van der Waals surface area contributed by atoms with Crippen molar-refractivity contribution in [1.82, 2.24) is 9.71 Å². The topological polar surface area (TPSA) is 105 Å². The van der Waals surface area contributed by atoms with Gasteiger partial charge in [-0.1, -0.05) is 19.8 Å².